The fraction of sp³-hybridized carbons (Fsp3) is 0.0769. The Labute approximate surface area is 130 Å². The van der Waals surface area contributed by atoms with E-state index in [0.717, 1.165) is 0 Å². The van der Waals surface area contributed by atoms with E-state index in [9.17, 15) is 12.8 Å². The molecule has 0 atom stereocenters. The summed E-state index contributed by atoms with van der Waals surface area (Å²) in [5.74, 6) is -0.417. The first-order chi connectivity index (χ1) is 9.29. The molecule has 0 aliphatic rings. The van der Waals surface area contributed by atoms with Crippen LogP contribution in [0.4, 0.5) is 10.1 Å². The van der Waals surface area contributed by atoms with Gasteiger partial charge in [0.2, 0.25) is 0 Å². The summed E-state index contributed by atoms with van der Waals surface area (Å²) in [7, 11) is -3.75. The Morgan fingerprint density at radius 2 is 1.90 bits per heavy atom. The van der Waals surface area contributed by atoms with Crippen LogP contribution in [0, 0.1) is 12.7 Å². The average Bonchev–Trinajstić information content (AvgIpc) is 2.36. The van der Waals surface area contributed by atoms with Crippen LogP contribution in [0.2, 0.25) is 5.02 Å². The number of rotatable bonds is 3. The summed E-state index contributed by atoms with van der Waals surface area (Å²) >= 11 is 9.00. The maximum atomic E-state index is 13.0. The Kier molecular flexibility index (Phi) is 4.36. The van der Waals surface area contributed by atoms with Crippen molar-refractivity contribution in [3.8, 4) is 0 Å². The first-order valence-corrected chi connectivity index (χ1v) is 8.19. The summed E-state index contributed by atoms with van der Waals surface area (Å²) in [6.07, 6.45) is 0. The molecule has 2 aromatic carbocycles. The lowest BCUT2D eigenvalue weighted by Crippen LogP contribution is -2.13. The van der Waals surface area contributed by atoms with E-state index in [1.54, 1.807) is 6.92 Å². The molecule has 0 heterocycles. The Bertz CT molecular complexity index is 765. The van der Waals surface area contributed by atoms with Crippen molar-refractivity contribution in [2.24, 2.45) is 0 Å². The quantitative estimate of drug-likeness (QED) is 0.863. The molecule has 0 saturated heterocycles. The van der Waals surface area contributed by atoms with Crippen LogP contribution in [-0.2, 0) is 10.0 Å². The normalized spacial score (nSPS) is 11.4. The minimum absolute atomic E-state index is 0.0671. The molecule has 2 aromatic rings. The van der Waals surface area contributed by atoms with E-state index < -0.39 is 15.8 Å². The van der Waals surface area contributed by atoms with Crippen LogP contribution in [0.15, 0.2) is 45.8 Å². The maximum Gasteiger partial charge on any atom is 0.261 e. The molecule has 7 heteroatoms. The SMILES string of the molecule is Cc1cc(F)ccc1NS(=O)(=O)c1ccc(Cl)c(Br)c1. The van der Waals surface area contributed by atoms with Crippen LogP contribution < -0.4 is 4.72 Å². The zero-order valence-corrected chi connectivity index (χ0v) is 13.5. The Hall–Kier alpha value is -1.11. The number of aryl methyl sites for hydroxylation is 1. The van der Waals surface area contributed by atoms with Gasteiger partial charge in [-0.2, -0.15) is 0 Å². The molecule has 0 radical (unpaired) electrons. The predicted molar refractivity (Wildman–Crippen MR) is 81.1 cm³/mol. The molecule has 0 spiro atoms. The fourth-order valence-electron chi connectivity index (χ4n) is 1.59. The highest BCUT2D eigenvalue weighted by Crippen LogP contribution is 2.27. The molecule has 2 rings (SSSR count). The molecule has 0 fully saturated rings. The van der Waals surface area contributed by atoms with E-state index in [1.807, 2.05) is 0 Å². The van der Waals surface area contributed by atoms with E-state index in [0.29, 0.717) is 20.7 Å². The van der Waals surface area contributed by atoms with Crippen molar-refractivity contribution in [3.63, 3.8) is 0 Å². The zero-order valence-electron chi connectivity index (χ0n) is 10.3. The molecule has 106 valence electrons. The number of hydrogen-bond donors (Lipinski definition) is 1. The van der Waals surface area contributed by atoms with Gasteiger partial charge in [0.25, 0.3) is 10.0 Å². The van der Waals surface area contributed by atoms with E-state index in [2.05, 4.69) is 20.7 Å². The van der Waals surface area contributed by atoms with Crippen LogP contribution in [0.5, 0.6) is 0 Å². The minimum atomic E-state index is -3.75. The molecule has 0 saturated carbocycles. The van der Waals surface area contributed by atoms with E-state index >= 15 is 0 Å². The van der Waals surface area contributed by atoms with E-state index in [4.69, 9.17) is 11.6 Å². The number of hydrogen-bond acceptors (Lipinski definition) is 2. The van der Waals surface area contributed by atoms with Gasteiger partial charge in [0.15, 0.2) is 0 Å². The minimum Gasteiger partial charge on any atom is -0.279 e. The third-order valence-corrected chi connectivity index (χ3v) is 5.21. The number of anilines is 1. The van der Waals surface area contributed by atoms with Gasteiger partial charge in [-0.15, -0.1) is 0 Å². The smallest absolute Gasteiger partial charge is 0.261 e. The summed E-state index contributed by atoms with van der Waals surface area (Å²) in [6.45, 7) is 1.62. The molecule has 0 aromatic heterocycles. The summed E-state index contributed by atoms with van der Waals surface area (Å²) in [6, 6.07) is 8.13. The van der Waals surface area contributed by atoms with Crippen LogP contribution in [0.25, 0.3) is 0 Å². The van der Waals surface area contributed by atoms with Gasteiger partial charge in [-0.3, -0.25) is 4.72 Å². The molecular weight excluding hydrogens is 369 g/mol. The topological polar surface area (TPSA) is 46.2 Å². The number of sulfonamides is 1. The van der Waals surface area contributed by atoms with Crippen LogP contribution >= 0.6 is 27.5 Å². The van der Waals surface area contributed by atoms with Gasteiger partial charge in [-0.05, 0) is 64.8 Å². The summed E-state index contributed by atoms with van der Waals surface area (Å²) in [5, 5.41) is 0.418. The molecule has 0 unspecified atom stereocenters. The maximum absolute atomic E-state index is 13.0. The Balaban J connectivity index is 2.38. The lowest BCUT2D eigenvalue weighted by Gasteiger charge is -2.11. The van der Waals surface area contributed by atoms with E-state index in [-0.39, 0.29) is 4.90 Å². The van der Waals surface area contributed by atoms with Gasteiger partial charge in [0, 0.05) is 4.47 Å². The van der Waals surface area contributed by atoms with Gasteiger partial charge in [0.05, 0.1) is 15.6 Å². The van der Waals surface area contributed by atoms with Crippen molar-refractivity contribution in [2.75, 3.05) is 4.72 Å². The van der Waals surface area contributed by atoms with Crippen molar-refractivity contribution in [3.05, 3.63) is 57.3 Å². The molecule has 0 amide bonds. The van der Waals surface area contributed by atoms with Gasteiger partial charge in [-0.1, -0.05) is 11.6 Å². The zero-order chi connectivity index (χ0) is 14.9. The molecule has 20 heavy (non-hydrogen) atoms. The molecule has 0 aliphatic heterocycles. The van der Waals surface area contributed by atoms with Crippen molar-refractivity contribution in [1.82, 2.24) is 0 Å². The summed E-state index contributed by atoms with van der Waals surface area (Å²) < 4.78 is 40.4. The molecule has 0 bridgehead atoms. The third-order valence-electron chi connectivity index (χ3n) is 2.63. The molecule has 1 N–H and O–H groups in total. The third kappa shape index (κ3) is 3.31. The monoisotopic (exact) mass is 377 g/mol. The first-order valence-electron chi connectivity index (χ1n) is 5.53. The lowest BCUT2D eigenvalue weighted by atomic mass is 10.2. The Morgan fingerprint density at radius 1 is 1.20 bits per heavy atom. The van der Waals surface area contributed by atoms with Gasteiger partial charge in [0.1, 0.15) is 5.82 Å². The Morgan fingerprint density at radius 3 is 2.50 bits per heavy atom. The standard InChI is InChI=1S/C13H10BrClFNO2S/c1-8-6-9(16)2-5-13(8)17-20(18,19)10-3-4-12(15)11(14)7-10/h2-7,17H,1H3. The van der Waals surface area contributed by atoms with Gasteiger partial charge >= 0.3 is 0 Å². The molecule has 0 aliphatic carbocycles. The molecule has 3 nitrogen and oxygen atoms in total. The second-order valence-corrected chi connectivity index (χ2v) is 7.08. The van der Waals surface area contributed by atoms with E-state index in [1.165, 1.54) is 36.4 Å². The van der Waals surface area contributed by atoms with Crippen LogP contribution in [0.3, 0.4) is 0 Å². The van der Waals surface area contributed by atoms with Crippen molar-refractivity contribution in [2.45, 2.75) is 11.8 Å². The highest BCUT2D eigenvalue weighted by atomic mass is 79.9. The van der Waals surface area contributed by atoms with Crippen LogP contribution in [0.1, 0.15) is 5.56 Å². The lowest BCUT2D eigenvalue weighted by molar-refractivity contribution is 0.601. The largest absolute Gasteiger partial charge is 0.279 e. The predicted octanol–water partition coefficient (Wildman–Crippen LogP) is 4.35. The number of halogens is 3. The van der Waals surface area contributed by atoms with Crippen molar-refractivity contribution < 1.29 is 12.8 Å². The molecular formula is C13H10BrClFNO2S. The van der Waals surface area contributed by atoms with Crippen molar-refractivity contribution in [1.29, 1.82) is 0 Å². The summed E-state index contributed by atoms with van der Waals surface area (Å²) in [4.78, 5) is 0.0671. The number of benzene rings is 2. The fourth-order valence-corrected chi connectivity index (χ4v) is 3.39. The van der Waals surface area contributed by atoms with Crippen LogP contribution in [-0.4, -0.2) is 8.42 Å². The average molecular weight is 379 g/mol. The first kappa shape index (κ1) is 15.3. The van der Waals surface area contributed by atoms with Gasteiger partial charge in [-0.25, -0.2) is 12.8 Å². The highest BCUT2D eigenvalue weighted by Gasteiger charge is 2.16. The van der Waals surface area contributed by atoms with Crippen molar-refractivity contribution >= 4 is 43.2 Å². The number of nitrogens with one attached hydrogen (secondary N) is 1. The highest BCUT2D eigenvalue weighted by molar-refractivity contribution is 9.10. The summed E-state index contributed by atoms with van der Waals surface area (Å²) in [5.41, 5.74) is 0.832. The second-order valence-electron chi connectivity index (χ2n) is 4.14. The van der Waals surface area contributed by atoms with Gasteiger partial charge < -0.3 is 0 Å². The second kappa shape index (κ2) is 5.71.